The maximum Gasteiger partial charge on any atom is 0.342 e. The van der Waals surface area contributed by atoms with Gasteiger partial charge in [0.05, 0.1) is 18.8 Å². The van der Waals surface area contributed by atoms with Gasteiger partial charge in [-0.15, -0.1) is 15.3 Å². The van der Waals surface area contributed by atoms with Crippen LogP contribution in [0.2, 0.25) is 0 Å². The molecule has 14 nitrogen and oxygen atoms in total. The molecule has 2 heterocycles. The fourth-order valence-corrected chi connectivity index (χ4v) is 3.74. The Morgan fingerprint density at radius 3 is 2.74 bits per heavy atom. The second kappa shape index (κ2) is 13.4. The van der Waals surface area contributed by atoms with E-state index in [0.717, 1.165) is 29.9 Å². The first kappa shape index (κ1) is 26.1. The van der Waals surface area contributed by atoms with E-state index < -0.39 is 23.2 Å². The van der Waals surface area contributed by atoms with Crippen molar-refractivity contribution in [2.75, 3.05) is 23.4 Å². The predicted octanol–water partition coefficient (Wildman–Crippen LogP) is 1.83. The summed E-state index contributed by atoms with van der Waals surface area (Å²) in [7, 11) is 0. The fraction of sp³-hybridized carbons (Fsp3) is 0.368. The Balaban J connectivity index is 1.31. The molecule has 0 spiro atoms. The number of para-hydroxylation sites is 1. The molecule has 3 aromatic rings. The molecule has 0 bridgehead atoms. The van der Waals surface area contributed by atoms with Crippen molar-refractivity contribution < 1.29 is 32.7 Å². The summed E-state index contributed by atoms with van der Waals surface area (Å²) in [5.41, 5.74) is 3.59. The average Bonchev–Trinajstić information content (AvgIpc) is 3.45. The molecule has 16 heteroatoms. The van der Waals surface area contributed by atoms with Crippen molar-refractivity contribution in [3.8, 4) is 5.75 Å². The minimum absolute atomic E-state index is 0.0760. The largest absolute Gasteiger partial charge is 0.460 e. The Hall–Kier alpha value is -3.47. The number of benzene rings is 1. The van der Waals surface area contributed by atoms with Gasteiger partial charge < -0.3 is 9.47 Å². The maximum atomic E-state index is 12.3. The highest BCUT2D eigenvalue weighted by atomic mass is 32.2. The van der Waals surface area contributed by atoms with Crippen molar-refractivity contribution in [2.45, 2.75) is 32.7 Å². The summed E-state index contributed by atoms with van der Waals surface area (Å²) in [6.45, 7) is 2.07. The number of esters is 2. The normalized spacial score (nSPS) is 11.6. The number of aryl methyl sites for hydroxylation is 1. The van der Waals surface area contributed by atoms with Crippen LogP contribution in [0.15, 0.2) is 30.5 Å². The van der Waals surface area contributed by atoms with E-state index in [1.807, 2.05) is 0 Å². The lowest BCUT2D eigenvalue weighted by Gasteiger charge is -2.08. The third-order valence-corrected chi connectivity index (χ3v) is 5.42. The monoisotopic (exact) mass is 525 g/mol. The van der Waals surface area contributed by atoms with Crippen LogP contribution in [-0.2, 0) is 38.6 Å². The van der Waals surface area contributed by atoms with Crippen LogP contribution in [0, 0.1) is 0 Å². The van der Waals surface area contributed by atoms with E-state index in [-0.39, 0.29) is 23.1 Å². The highest BCUT2D eigenvalue weighted by molar-refractivity contribution is 7.80. The molecule has 3 rings (SSSR count). The van der Waals surface area contributed by atoms with Crippen LogP contribution in [0.5, 0.6) is 5.75 Å². The second-order valence-electron chi connectivity index (χ2n) is 6.87. The Labute approximate surface area is 206 Å². The minimum atomic E-state index is -2.21. The van der Waals surface area contributed by atoms with E-state index >= 15 is 0 Å². The highest BCUT2D eigenvalue weighted by Crippen LogP contribution is 2.20. The number of ether oxygens (including phenoxy) is 2. The number of carbonyl (C=O) groups excluding carboxylic acids is 2. The molecule has 0 aliphatic rings. The number of aromatic nitrogens is 5. The van der Waals surface area contributed by atoms with E-state index in [9.17, 15) is 13.8 Å². The Kier molecular flexibility index (Phi) is 10.0. The van der Waals surface area contributed by atoms with Gasteiger partial charge in [0.25, 0.3) is 11.3 Å². The maximum absolute atomic E-state index is 12.3. The molecule has 1 atom stereocenters. The summed E-state index contributed by atoms with van der Waals surface area (Å²) in [4.78, 5) is 28.8. The summed E-state index contributed by atoms with van der Waals surface area (Å²) in [5, 5.41) is 16.1. The van der Waals surface area contributed by atoms with E-state index in [4.69, 9.17) is 18.9 Å². The van der Waals surface area contributed by atoms with Gasteiger partial charge in [0.15, 0.2) is 0 Å². The fourth-order valence-electron chi connectivity index (χ4n) is 2.72. The number of nitrogens with one attached hydrogen (secondary N) is 2. The lowest BCUT2D eigenvalue weighted by atomic mass is 10.2. The van der Waals surface area contributed by atoms with Gasteiger partial charge in [0, 0.05) is 13.1 Å². The Morgan fingerprint density at radius 1 is 1.14 bits per heavy atom. The number of nitrogens with zero attached hydrogens (tertiary/aromatic N) is 5. The molecule has 0 amide bonds. The summed E-state index contributed by atoms with van der Waals surface area (Å²) in [5.74, 6) is -0.970. The quantitative estimate of drug-likeness (QED) is 0.0915. The summed E-state index contributed by atoms with van der Waals surface area (Å²) in [6, 6.07) is 6.36. The van der Waals surface area contributed by atoms with Crippen LogP contribution in [0.25, 0.3) is 0 Å². The molecule has 1 unspecified atom stereocenters. The molecule has 0 saturated carbocycles. The number of anilines is 2. The number of hydrogen-bond acceptors (Lipinski definition) is 12. The molecule has 0 saturated heterocycles. The predicted molar refractivity (Wildman–Crippen MR) is 125 cm³/mol. The SMILES string of the molecule is CC(=O)Oc1ccccc1C(=O)OCCn1cc(CCCCONc2nnc(NS(=O)O)s2)nn1. The van der Waals surface area contributed by atoms with Gasteiger partial charge in [-0.3, -0.25) is 18.9 Å². The first-order valence-corrected chi connectivity index (χ1v) is 12.3. The van der Waals surface area contributed by atoms with Crippen molar-refractivity contribution in [3.05, 3.63) is 41.7 Å². The molecule has 0 radical (unpaired) electrons. The molecule has 3 N–H and O–H groups in total. The molecule has 1 aromatic carbocycles. The first-order chi connectivity index (χ1) is 16.9. The van der Waals surface area contributed by atoms with Gasteiger partial charge in [0.1, 0.15) is 17.9 Å². The van der Waals surface area contributed by atoms with Gasteiger partial charge in [-0.05, 0) is 31.4 Å². The Bertz CT molecular complexity index is 1150. The van der Waals surface area contributed by atoms with Crippen LogP contribution in [0.3, 0.4) is 0 Å². The second-order valence-corrected chi connectivity index (χ2v) is 8.55. The zero-order valence-corrected chi connectivity index (χ0v) is 20.2. The van der Waals surface area contributed by atoms with Gasteiger partial charge in [-0.25, -0.2) is 19.2 Å². The first-order valence-electron chi connectivity index (χ1n) is 10.3. The van der Waals surface area contributed by atoms with E-state index in [1.54, 1.807) is 23.0 Å². The molecular weight excluding hydrogens is 502 g/mol. The van der Waals surface area contributed by atoms with Crippen LogP contribution in [-0.4, -0.2) is 59.1 Å². The summed E-state index contributed by atoms with van der Waals surface area (Å²) in [6.07, 6.45) is 4.01. The smallest absolute Gasteiger partial charge is 0.342 e. The van der Waals surface area contributed by atoms with Crippen LogP contribution in [0.1, 0.15) is 35.8 Å². The van der Waals surface area contributed by atoms with Crippen molar-refractivity contribution in [1.82, 2.24) is 25.2 Å². The molecular formula is C19H23N7O7S2. The topological polar surface area (TPSA) is 180 Å². The number of rotatable bonds is 14. The van der Waals surface area contributed by atoms with E-state index in [2.05, 4.69) is 30.7 Å². The van der Waals surface area contributed by atoms with Crippen molar-refractivity contribution in [1.29, 1.82) is 0 Å². The zero-order chi connectivity index (χ0) is 25.0. The minimum Gasteiger partial charge on any atom is -0.460 e. The molecule has 35 heavy (non-hydrogen) atoms. The van der Waals surface area contributed by atoms with Crippen LogP contribution in [0.4, 0.5) is 10.3 Å². The molecule has 188 valence electrons. The average molecular weight is 526 g/mol. The van der Waals surface area contributed by atoms with Crippen molar-refractivity contribution in [3.63, 3.8) is 0 Å². The van der Waals surface area contributed by atoms with Gasteiger partial charge in [-0.1, -0.05) is 28.7 Å². The van der Waals surface area contributed by atoms with Crippen molar-refractivity contribution in [2.24, 2.45) is 0 Å². The molecule has 2 aromatic heterocycles. The zero-order valence-electron chi connectivity index (χ0n) is 18.6. The van der Waals surface area contributed by atoms with Crippen molar-refractivity contribution >= 4 is 44.8 Å². The number of hydrogen-bond donors (Lipinski definition) is 3. The lowest BCUT2D eigenvalue weighted by Crippen LogP contribution is -2.14. The van der Waals surface area contributed by atoms with Gasteiger partial charge in [0.2, 0.25) is 10.3 Å². The number of unbranched alkanes of at least 4 members (excludes halogenated alkanes) is 1. The van der Waals surface area contributed by atoms with E-state index in [0.29, 0.717) is 24.7 Å². The standard InChI is InChI=1S/C19H23N7O7S2/c1-13(27)33-16-8-3-2-7-15(16)17(28)31-11-9-26-12-14(20-25-26)6-4-5-10-32-23-18-21-22-19(34-18)24-35(29)30/h2-3,7-8,12H,4-6,9-11H2,1H3,(H,21,23)(H,22,24)(H,29,30). The lowest BCUT2D eigenvalue weighted by molar-refractivity contribution is -0.131. The van der Waals surface area contributed by atoms with Crippen LogP contribution >= 0.6 is 11.3 Å². The van der Waals surface area contributed by atoms with Gasteiger partial charge in [-0.2, -0.15) is 0 Å². The summed E-state index contributed by atoms with van der Waals surface area (Å²) >= 11 is -1.17. The molecule has 0 fully saturated rings. The van der Waals surface area contributed by atoms with Gasteiger partial charge >= 0.3 is 11.9 Å². The molecule has 0 aliphatic heterocycles. The molecule has 0 aliphatic carbocycles. The third-order valence-electron chi connectivity index (χ3n) is 4.19. The number of carbonyl (C=O) groups is 2. The highest BCUT2D eigenvalue weighted by Gasteiger charge is 2.15. The Morgan fingerprint density at radius 2 is 1.94 bits per heavy atom. The van der Waals surface area contributed by atoms with Crippen LogP contribution < -0.4 is 14.9 Å². The third kappa shape index (κ3) is 9.01. The van der Waals surface area contributed by atoms with E-state index in [1.165, 1.54) is 19.1 Å². The summed E-state index contributed by atoms with van der Waals surface area (Å²) < 4.78 is 33.5.